The van der Waals surface area contributed by atoms with E-state index in [1.165, 1.54) is 18.4 Å². The number of nitrogens with one attached hydrogen (secondary N) is 1. The lowest BCUT2D eigenvalue weighted by Gasteiger charge is -2.24. The van der Waals surface area contributed by atoms with Gasteiger partial charge in [0, 0.05) is 24.5 Å². The quantitative estimate of drug-likeness (QED) is 0.445. The fourth-order valence-electron chi connectivity index (χ4n) is 2.59. The van der Waals surface area contributed by atoms with Crippen LogP contribution in [0.2, 0.25) is 0 Å². The maximum absolute atomic E-state index is 11.9. The third-order valence-corrected chi connectivity index (χ3v) is 5.62. The van der Waals surface area contributed by atoms with Crippen molar-refractivity contribution in [2.45, 2.75) is 64.7 Å². The summed E-state index contributed by atoms with van der Waals surface area (Å²) in [5.74, 6) is 0.908. The summed E-state index contributed by atoms with van der Waals surface area (Å²) in [6, 6.07) is 8.35. The zero-order chi connectivity index (χ0) is 18.7. The van der Waals surface area contributed by atoms with E-state index < -0.39 is 11.4 Å². The minimum absolute atomic E-state index is 0.184. The van der Waals surface area contributed by atoms with Gasteiger partial charge in [0.1, 0.15) is 10.5 Å². The van der Waals surface area contributed by atoms with Crippen LogP contribution in [0.5, 0.6) is 5.75 Å². The first-order valence-corrected chi connectivity index (χ1v) is 10.5. The van der Waals surface area contributed by atoms with Crippen LogP contribution >= 0.6 is 0 Å². The lowest BCUT2D eigenvalue weighted by molar-refractivity contribution is 0.259. The molecule has 0 aliphatic rings. The van der Waals surface area contributed by atoms with Crippen LogP contribution < -0.4 is 9.46 Å². The van der Waals surface area contributed by atoms with Gasteiger partial charge < -0.3 is 9.29 Å². The van der Waals surface area contributed by atoms with Gasteiger partial charge in [0.15, 0.2) is 0 Å². The third kappa shape index (κ3) is 9.50. The molecule has 1 aromatic carbocycles. The van der Waals surface area contributed by atoms with Crippen molar-refractivity contribution in [2.24, 2.45) is 0 Å². The minimum atomic E-state index is -0.955. The minimum Gasteiger partial charge on any atom is -0.598 e. The average molecular weight is 369 g/mol. The van der Waals surface area contributed by atoms with E-state index in [9.17, 15) is 4.55 Å². The van der Waals surface area contributed by atoms with Gasteiger partial charge in [-0.3, -0.25) is 4.90 Å². The van der Waals surface area contributed by atoms with Gasteiger partial charge in [-0.15, -0.1) is 4.72 Å². The number of ether oxygens (including phenoxy) is 1. The maximum atomic E-state index is 11.9. The molecule has 0 aliphatic carbocycles. The molecule has 1 aromatic rings. The van der Waals surface area contributed by atoms with Crippen molar-refractivity contribution in [3.8, 4) is 5.75 Å². The number of rotatable bonds is 12. The van der Waals surface area contributed by atoms with E-state index >= 15 is 0 Å². The van der Waals surface area contributed by atoms with Gasteiger partial charge >= 0.3 is 0 Å². The molecule has 0 saturated heterocycles. The standard InChI is InChI=1S/C20H36N2O2S/c1-6-15-22(17-18-10-12-19(24-5)13-11-18)16-9-7-8-14-21-25(23)20(2,3)4/h10-13,21H,6-9,14-17H2,1-5H3. The summed E-state index contributed by atoms with van der Waals surface area (Å²) in [4.78, 5) is 2.52. The van der Waals surface area contributed by atoms with E-state index in [0.29, 0.717) is 0 Å². The van der Waals surface area contributed by atoms with Crippen molar-refractivity contribution in [3.63, 3.8) is 0 Å². The van der Waals surface area contributed by atoms with Crippen LogP contribution in [0.4, 0.5) is 0 Å². The van der Waals surface area contributed by atoms with E-state index in [-0.39, 0.29) is 4.75 Å². The Morgan fingerprint density at radius 1 is 1.08 bits per heavy atom. The highest BCUT2D eigenvalue weighted by atomic mass is 32.2. The lowest BCUT2D eigenvalue weighted by atomic mass is 10.1. The molecule has 1 atom stereocenters. The lowest BCUT2D eigenvalue weighted by Crippen LogP contribution is -2.39. The van der Waals surface area contributed by atoms with Gasteiger partial charge in [-0.2, -0.15) is 0 Å². The highest BCUT2D eigenvalue weighted by Crippen LogP contribution is 2.14. The van der Waals surface area contributed by atoms with Gasteiger partial charge in [0.25, 0.3) is 0 Å². The Kier molecular flexibility index (Phi) is 10.5. The number of benzene rings is 1. The fourth-order valence-corrected chi connectivity index (χ4v) is 3.36. The molecule has 1 N–H and O–H groups in total. The molecule has 0 bridgehead atoms. The van der Waals surface area contributed by atoms with Gasteiger partial charge in [-0.1, -0.05) is 25.5 Å². The number of unbranched alkanes of at least 4 members (excludes halogenated alkanes) is 2. The largest absolute Gasteiger partial charge is 0.598 e. The first kappa shape index (κ1) is 22.3. The molecule has 0 aliphatic heterocycles. The van der Waals surface area contributed by atoms with Crippen molar-refractivity contribution in [1.29, 1.82) is 0 Å². The summed E-state index contributed by atoms with van der Waals surface area (Å²) >= 11 is -0.955. The van der Waals surface area contributed by atoms with E-state index in [1.807, 2.05) is 32.9 Å². The highest BCUT2D eigenvalue weighted by Gasteiger charge is 2.25. The van der Waals surface area contributed by atoms with E-state index in [4.69, 9.17) is 4.74 Å². The molecule has 0 fully saturated rings. The van der Waals surface area contributed by atoms with Gasteiger partial charge in [-0.05, 0) is 70.8 Å². The second kappa shape index (κ2) is 11.8. The number of hydrogen-bond donors (Lipinski definition) is 1. The molecule has 4 nitrogen and oxygen atoms in total. The molecule has 5 heteroatoms. The van der Waals surface area contributed by atoms with Crippen molar-refractivity contribution in [2.75, 3.05) is 26.7 Å². The Balaban J connectivity index is 2.26. The van der Waals surface area contributed by atoms with Crippen LogP contribution in [0, 0.1) is 0 Å². The smallest absolute Gasteiger partial charge is 0.136 e. The number of methoxy groups -OCH3 is 1. The zero-order valence-corrected chi connectivity index (χ0v) is 17.5. The van der Waals surface area contributed by atoms with Crippen molar-refractivity contribution >= 4 is 11.4 Å². The summed E-state index contributed by atoms with van der Waals surface area (Å²) in [6.07, 6.45) is 4.59. The van der Waals surface area contributed by atoms with Crippen molar-refractivity contribution < 1.29 is 9.29 Å². The maximum Gasteiger partial charge on any atom is 0.136 e. The predicted molar refractivity (Wildman–Crippen MR) is 108 cm³/mol. The van der Waals surface area contributed by atoms with Gasteiger partial charge in [0.2, 0.25) is 0 Å². The molecule has 0 amide bonds. The second-order valence-electron chi connectivity index (χ2n) is 7.46. The third-order valence-electron chi connectivity index (χ3n) is 4.05. The molecule has 0 aromatic heterocycles. The summed E-state index contributed by atoms with van der Waals surface area (Å²) < 4.78 is 20.1. The molecule has 0 spiro atoms. The molecule has 1 unspecified atom stereocenters. The van der Waals surface area contributed by atoms with Crippen LogP contribution in [0.1, 0.15) is 58.9 Å². The number of nitrogens with zero attached hydrogens (tertiary/aromatic N) is 1. The first-order chi connectivity index (χ1) is 11.9. The van der Waals surface area contributed by atoms with Crippen LogP contribution in [-0.4, -0.2) is 40.9 Å². The summed E-state index contributed by atoms with van der Waals surface area (Å²) in [5, 5.41) is 0. The van der Waals surface area contributed by atoms with Crippen molar-refractivity contribution in [1.82, 2.24) is 9.62 Å². The van der Waals surface area contributed by atoms with E-state index in [1.54, 1.807) is 7.11 Å². The van der Waals surface area contributed by atoms with Crippen LogP contribution in [0.3, 0.4) is 0 Å². The Hall–Kier alpha value is -0.750. The molecule has 1 rings (SSSR count). The molecular weight excluding hydrogens is 332 g/mol. The SMILES string of the molecule is CCCN(CCCCCN[S+]([O-])C(C)(C)C)Cc1ccc(OC)cc1. The molecule has 0 radical (unpaired) electrons. The van der Waals surface area contributed by atoms with Gasteiger partial charge in [0.05, 0.1) is 7.11 Å². The molecular formula is C20H36N2O2S. The first-order valence-electron chi connectivity index (χ1n) is 9.37. The average Bonchev–Trinajstić information content (AvgIpc) is 2.57. The van der Waals surface area contributed by atoms with E-state index in [2.05, 4.69) is 28.7 Å². The van der Waals surface area contributed by atoms with E-state index in [0.717, 1.165) is 44.8 Å². The molecule has 25 heavy (non-hydrogen) atoms. The highest BCUT2D eigenvalue weighted by molar-refractivity contribution is 7.90. The van der Waals surface area contributed by atoms with Crippen LogP contribution in [-0.2, 0) is 17.9 Å². The Labute approximate surface area is 157 Å². The zero-order valence-electron chi connectivity index (χ0n) is 16.6. The Bertz CT molecular complexity index is 460. The monoisotopic (exact) mass is 368 g/mol. The topological polar surface area (TPSA) is 47.6 Å². The number of hydrogen-bond acceptors (Lipinski definition) is 4. The van der Waals surface area contributed by atoms with Crippen molar-refractivity contribution in [3.05, 3.63) is 29.8 Å². The summed E-state index contributed by atoms with van der Waals surface area (Å²) in [6.45, 7) is 12.3. The predicted octanol–water partition coefficient (Wildman–Crippen LogP) is 4.13. The summed E-state index contributed by atoms with van der Waals surface area (Å²) in [7, 11) is 1.70. The fraction of sp³-hybridized carbons (Fsp3) is 0.700. The second-order valence-corrected chi connectivity index (χ2v) is 9.51. The van der Waals surface area contributed by atoms with Gasteiger partial charge in [-0.25, -0.2) is 0 Å². The Morgan fingerprint density at radius 2 is 1.76 bits per heavy atom. The molecule has 0 saturated carbocycles. The van der Waals surface area contributed by atoms with Crippen LogP contribution in [0.15, 0.2) is 24.3 Å². The molecule has 0 heterocycles. The summed E-state index contributed by atoms with van der Waals surface area (Å²) in [5.41, 5.74) is 1.33. The molecule has 144 valence electrons. The Morgan fingerprint density at radius 3 is 2.32 bits per heavy atom. The normalized spacial score (nSPS) is 13.2. The van der Waals surface area contributed by atoms with Crippen LogP contribution in [0.25, 0.3) is 0 Å².